The molecule has 21 heavy (non-hydrogen) atoms. The third kappa shape index (κ3) is 2.10. The first kappa shape index (κ1) is 13.4. The highest BCUT2D eigenvalue weighted by atomic mass is 19.1. The van der Waals surface area contributed by atoms with Crippen molar-refractivity contribution in [2.45, 2.75) is 26.8 Å². The predicted molar refractivity (Wildman–Crippen MR) is 70.3 cm³/mol. The number of halogens is 1. The van der Waals surface area contributed by atoms with Gasteiger partial charge in [0.25, 0.3) is 11.7 Å². The fraction of sp³-hybridized carbons (Fsp3) is 0.286. The number of aromatic nitrogens is 2. The number of carbonyl (C=O) groups excluding carboxylic acids is 2. The van der Waals surface area contributed by atoms with Gasteiger partial charge in [-0.15, -0.1) is 10.2 Å². The number of benzene rings is 1. The van der Waals surface area contributed by atoms with Crippen molar-refractivity contribution >= 4 is 17.4 Å². The number of hydrogen-bond acceptors (Lipinski definition) is 5. The Hall–Kier alpha value is -2.57. The van der Waals surface area contributed by atoms with Crippen LogP contribution in [0.15, 0.2) is 16.5 Å². The molecule has 0 radical (unpaired) electrons. The molecule has 1 aliphatic heterocycles. The van der Waals surface area contributed by atoms with Crippen molar-refractivity contribution in [3.8, 4) is 0 Å². The highest BCUT2D eigenvalue weighted by Crippen LogP contribution is 2.33. The Bertz CT molecular complexity index is 754. The molecule has 3 rings (SSSR count). The summed E-state index contributed by atoms with van der Waals surface area (Å²) in [6, 6.07) is 2.78. The highest BCUT2D eigenvalue weighted by Gasteiger charge is 2.39. The Balaban J connectivity index is 2.01. The van der Waals surface area contributed by atoms with Crippen molar-refractivity contribution in [3.63, 3.8) is 0 Å². The van der Waals surface area contributed by atoms with Crippen molar-refractivity contribution < 1.29 is 18.4 Å². The van der Waals surface area contributed by atoms with Gasteiger partial charge in [0, 0.05) is 6.42 Å². The number of carbonyl (C=O) groups is 2. The first-order chi connectivity index (χ1) is 10.0. The molecule has 0 unspecified atom stereocenters. The summed E-state index contributed by atoms with van der Waals surface area (Å²) in [5.74, 6) is -1.53. The molecular weight excluding hydrogens is 277 g/mol. The lowest BCUT2D eigenvalue weighted by Gasteiger charge is -2.14. The van der Waals surface area contributed by atoms with E-state index in [9.17, 15) is 14.0 Å². The second-order valence-corrected chi connectivity index (χ2v) is 4.81. The molecule has 7 heteroatoms. The SMILES string of the molecule is CCc1nnc(CN2C(=O)C(=O)c3cc(C)cc(F)c32)o1. The summed E-state index contributed by atoms with van der Waals surface area (Å²) in [6.45, 7) is 3.39. The van der Waals surface area contributed by atoms with Crippen LogP contribution >= 0.6 is 0 Å². The standard InChI is InChI=1S/C14H12FN3O3/c1-3-10-16-17-11(21-10)6-18-12-8(13(19)14(18)20)4-7(2)5-9(12)15/h4-5H,3,6H2,1-2H3. The van der Waals surface area contributed by atoms with E-state index in [1.54, 1.807) is 6.92 Å². The van der Waals surface area contributed by atoms with Gasteiger partial charge in [0.1, 0.15) is 12.4 Å². The van der Waals surface area contributed by atoms with E-state index in [2.05, 4.69) is 10.2 Å². The quantitative estimate of drug-likeness (QED) is 0.805. The lowest BCUT2D eigenvalue weighted by Crippen LogP contribution is -2.29. The minimum Gasteiger partial charge on any atom is -0.423 e. The number of anilines is 1. The van der Waals surface area contributed by atoms with Gasteiger partial charge in [-0.25, -0.2) is 4.39 Å². The Kier molecular flexibility index (Phi) is 3.04. The molecule has 1 amide bonds. The van der Waals surface area contributed by atoms with Gasteiger partial charge < -0.3 is 4.42 Å². The third-order valence-corrected chi connectivity index (χ3v) is 3.27. The third-order valence-electron chi connectivity index (χ3n) is 3.27. The number of aryl methyl sites for hydroxylation is 2. The average molecular weight is 289 g/mol. The normalized spacial score (nSPS) is 14.0. The molecule has 1 aromatic heterocycles. The van der Waals surface area contributed by atoms with Gasteiger partial charge in [-0.05, 0) is 24.6 Å². The molecule has 6 nitrogen and oxygen atoms in total. The monoisotopic (exact) mass is 289 g/mol. The van der Waals surface area contributed by atoms with Crippen molar-refractivity contribution in [1.82, 2.24) is 10.2 Å². The van der Waals surface area contributed by atoms with Crippen molar-refractivity contribution in [1.29, 1.82) is 0 Å². The average Bonchev–Trinajstić information content (AvgIpc) is 2.98. The Labute approximate surface area is 119 Å². The zero-order valence-corrected chi connectivity index (χ0v) is 11.5. The highest BCUT2D eigenvalue weighted by molar-refractivity contribution is 6.52. The summed E-state index contributed by atoms with van der Waals surface area (Å²) in [6.07, 6.45) is 0.560. The number of ketones is 1. The molecule has 2 aromatic rings. The maximum absolute atomic E-state index is 14.1. The first-order valence-corrected chi connectivity index (χ1v) is 6.49. The van der Waals surface area contributed by atoms with E-state index in [0.717, 1.165) is 4.90 Å². The van der Waals surface area contributed by atoms with Gasteiger partial charge in [-0.1, -0.05) is 6.92 Å². The molecule has 0 bridgehead atoms. The van der Waals surface area contributed by atoms with E-state index in [1.165, 1.54) is 12.1 Å². The van der Waals surface area contributed by atoms with Crippen LogP contribution in [0.5, 0.6) is 0 Å². The lowest BCUT2D eigenvalue weighted by atomic mass is 10.1. The number of amides is 1. The smallest absolute Gasteiger partial charge is 0.300 e. The van der Waals surface area contributed by atoms with E-state index in [1.807, 2.05) is 6.92 Å². The van der Waals surface area contributed by atoms with Crippen LogP contribution in [0.25, 0.3) is 0 Å². The van der Waals surface area contributed by atoms with Crippen LogP contribution in [0.2, 0.25) is 0 Å². The van der Waals surface area contributed by atoms with Crippen LogP contribution in [-0.4, -0.2) is 21.9 Å². The topological polar surface area (TPSA) is 76.3 Å². The molecule has 0 atom stereocenters. The Morgan fingerprint density at radius 3 is 2.62 bits per heavy atom. The molecule has 0 aliphatic carbocycles. The van der Waals surface area contributed by atoms with Gasteiger partial charge in [0.15, 0.2) is 0 Å². The van der Waals surface area contributed by atoms with E-state index in [0.29, 0.717) is 17.9 Å². The van der Waals surface area contributed by atoms with Crippen molar-refractivity contribution in [3.05, 3.63) is 40.9 Å². The van der Waals surface area contributed by atoms with E-state index in [4.69, 9.17) is 4.42 Å². The van der Waals surface area contributed by atoms with Crippen LogP contribution in [-0.2, 0) is 17.8 Å². The van der Waals surface area contributed by atoms with Gasteiger partial charge in [0.05, 0.1) is 11.3 Å². The molecule has 0 spiro atoms. The van der Waals surface area contributed by atoms with Crippen LogP contribution in [0, 0.1) is 12.7 Å². The fourth-order valence-corrected chi connectivity index (χ4v) is 2.30. The van der Waals surface area contributed by atoms with Gasteiger partial charge in [-0.2, -0.15) is 0 Å². The molecule has 2 heterocycles. The predicted octanol–water partition coefficient (Wildman–Crippen LogP) is 1.81. The zero-order valence-electron chi connectivity index (χ0n) is 11.5. The van der Waals surface area contributed by atoms with Crippen LogP contribution in [0.1, 0.15) is 34.6 Å². The molecule has 0 N–H and O–H groups in total. The number of nitrogens with zero attached hydrogens (tertiary/aromatic N) is 3. The second kappa shape index (κ2) is 4.76. The second-order valence-electron chi connectivity index (χ2n) is 4.81. The Morgan fingerprint density at radius 2 is 1.95 bits per heavy atom. The summed E-state index contributed by atoms with van der Waals surface area (Å²) in [4.78, 5) is 25.0. The molecule has 1 aliphatic rings. The maximum atomic E-state index is 14.1. The van der Waals surface area contributed by atoms with Gasteiger partial charge in [-0.3, -0.25) is 14.5 Å². The molecule has 108 valence electrons. The maximum Gasteiger partial charge on any atom is 0.300 e. The van der Waals surface area contributed by atoms with Crippen LogP contribution in [0.4, 0.5) is 10.1 Å². The number of rotatable bonds is 3. The van der Waals surface area contributed by atoms with Crippen molar-refractivity contribution in [2.24, 2.45) is 0 Å². The largest absolute Gasteiger partial charge is 0.423 e. The minimum atomic E-state index is -0.786. The minimum absolute atomic E-state index is 0.0214. The molecule has 0 fully saturated rings. The van der Waals surface area contributed by atoms with E-state index in [-0.39, 0.29) is 23.7 Å². The fourth-order valence-electron chi connectivity index (χ4n) is 2.30. The Morgan fingerprint density at radius 1 is 1.24 bits per heavy atom. The molecule has 0 saturated carbocycles. The van der Waals surface area contributed by atoms with Gasteiger partial charge in [0.2, 0.25) is 11.8 Å². The summed E-state index contributed by atoms with van der Waals surface area (Å²) < 4.78 is 19.4. The number of Topliss-reactive ketones (excluding diaryl/α,β-unsaturated/α-hetero) is 1. The first-order valence-electron chi connectivity index (χ1n) is 6.49. The van der Waals surface area contributed by atoms with Crippen molar-refractivity contribution in [2.75, 3.05) is 4.90 Å². The van der Waals surface area contributed by atoms with Gasteiger partial charge >= 0.3 is 0 Å². The summed E-state index contributed by atoms with van der Waals surface area (Å²) >= 11 is 0. The van der Waals surface area contributed by atoms with E-state index >= 15 is 0 Å². The molecule has 1 aromatic carbocycles. The zero-order chi connectivity index (χ0) is 15.1. The summed E-state index contributed by atoms with van der Waals surface area (Å²) in [7, 11) is 0. The lowest BCUT2D eigenvalue weighted by molar-refractivity contribution is -0.114. The molecule has 0 saturated heterocycles. The van der Waals surface area contributed by atoms with Crippen LogP contribution < -0.4 is 4.90 Å². The number of fused-ring (bicyclic) bond motifs is 1. The summed E-state index contributed by atoms with van der Waals surface area (Å²) in [5, 5.41) is 7.57. The molecular formula is C14H12FN3O3. The number of hydrogen-bond donors (Lipinski definition) is 0. The van der Waals surface area contributed by atoms with E-state index < -0.39 is 17.5 Å². The van der Waals surface area contributed by atoms with Crippen LogP contribution in [0.3, 0.4) is 0 Å². The summed E-state index contributed by atoms with van der Waals surface area (Å²) in [5.41, 5.74) is 0.639.